The maximum atomic E-state index is 12.5. The molecule has 0 aliphatic carbocycles. The number of carboxylic acids is 1. The van der Waals surface area contributed by atoms with Gasteiger partial charge in [-0.15, -0.1) is 0 Å². The average molecular weight is 290 g/mol. The van der Waals surface area contributed by atoms with Crippen LogP contribution in [0.4, 0.5) is 0 Å². The average Bonchev–Trinajstić information content (AvgIpc) is 3.18. The lowest BCUT2D eigenvalue weighted by atomic mass is 9.99. The van der Waals surface area contributed by atoms with Crippen molar-refractivity contribution in [1.29, 1.82) is 0 Å². The maximum Gasteiger partial charge on any atom is 0.329 e. The highest BCUT2D eigenvalue weighted by Gasteiger charge is 2.46. The van der Waals surface area contributed by atoms with Gasteiger partial charge in [0.1, 0.15) is 5.54 Å². The standard InChI is InChI=1S/C14H14N2O5/c1-14(13(18)19)5-3-6-16(14)12(17)9-8-11(21-15-9)10-4-2-7-20-10/h2,4,7-8H,3,5-6H2,1H3,(H,18,19). The van der Waals surface area contributed by atoms with Gasteiger partial charge < -0.3 is 18.9 Å². The number of carboxylic acid groups (broad SMARTS) is 1. The van der Waals surface area contributed by atoms with Crippen molar-refractivity contribution in [3.63, 3.8) is 0 Å². The number of carbonyl (C=O) groups excluding carboxylic acids is 1. The number of amides is 1. The van der Waals surface area contributed by atoms with Gasteiger partial charge in [-0.05, 0) is 31.9 Å². The van der Waals surface area contributed by atoms with E-state index >= 15 is 0 Å². The first-order valence-corrected chi connectivity index (χ1v) is 6.58. The van der Waals surface area contributed by atoms with Crippen LogP contribution in [0.2, 0.25) is 0 Å². The van der Waals surface area contributed by atoms with Gasteiger partial charge in [-0.1, -0.05) is 5.16 Å². The van der Waals surface area contributed by atoms with Gasteiger partial charge in [-0.3, -0.25) is 4.79 Å². The summed E-state index contributed by atoms with van der Waals surface area (Å²) in [5.74, 6) is -0.661. The molecular formula is C14H14N2O5. The Morgan fingerprint density at radius 2 is 2.24 bits per heavy atom. The molecule has 0 saturated carbocycles. The highest BCUT2D eigenvalue weighted by atomic mass is 16.5. The van der Waals surface area contributed by atoms with Crippen LogP contribution >= 0.6 is 0 Å². The van der Waals surface area contributed by atoms with Gasteiger partial charge in [0.15, 0.2) is 11.5 Å². The predicted molar refractivity (Wildman–Crippen MR) is 70.5 cm³/mol. The molecule has 3 rings (SSSR count). The zero-order chi connectivity index (χ0) is 15.0. The minimum Gasteiger partial charge on any atom is -0.480 e. The van der Waals surface area contributed by atoms with E-state index in [9.17, 15) is 14.7 Å². The largest absolute Gasteiger partial charge is 0.480 e. The molecule has 1 aliphatic heterocycles. The molecule has 110 valence electrons. The topological polar surface area (TPSA) is 96.8 Å². The number of aliphatic carboxylic acids is 1. The molecule has 1 unspecified atom stereocenters. The monoisotopic (exact) mass is 290 g/mol. The number of rotatable bonds is 3. The first kappa shape index (κ1) is 13.4. The van der Waals surface area contributed by atoms with E-state index in [0.717, 1.165) is 0 Å². The van der Waals surface area contributed by atoms with E-state index in [0.29, 0.717) is 30.9 Å². The summed E-state index contributed by atoms with van der Waals surface area (Å²) in [6.45, 7) is 1.94. The summed E-state index contributed by atoms with van der Waals surface area (Å²) in [5, 5.41) is 13.1. The Kier molecular flexibility index (Phi) is 3.04. The zero-order valence-corrected chi connectivity index (χ0v) is 11.4. The van der Waals surface area contributed by atoms with E-state index < -0.39 is 17.4 Å². The number of hydrogen-bond donors (Lipinski definition) is 1. The molecular weight excluding hydrogens is 276 g/mol. The number of furan rings is 1. The van der Waals surface area contributed by atoms with E-state index in [4.69, 9.17) is 8.94 Å². The second kappa shape index (κ2) is 4.76. The Morgan fingerprint density at radius 3 is 2.90 bits per heavy atom. The Balaban J connectivity index is 1.87. The van der Waals surface area contributed by atoms with Gasteiger partial charge in [0, 0.05) is 12.6 Å². The molecule has 0 radical (unpaired) electrons. The fraction of sp³-hybridized carbons (Fsp3) is 0.357. The molecule has 1 amide bonds. The van der Waals surface area contributed by atoms with E-state index in [-0.39, 0.29) is 5.69 Å². The molecule has 3 heterocycles. The van der Waals surface area contributed by atoms with Crippen LogP contribution in [0.1, 0.15) is 30.3 Å². The number of likely N-dealkylation sites (tertiary alicyclic amines) is 1. The number of nitrogens with zero attached hydrogens (tertiary/aromatic N) is 2. The van der Waals surface area contributed by atoms with Crippen molar-refractivity contribution >= 4 is 11.9 Å². The van der Waals surface area contributed by atoms with Crippen molar-refractivity contribution in [3.8, 4) is 11.5 Å². The van der Waals surface area contributed by atoms with Gasteiger partial charge in [-0.25, -0.2) is 4.79 Å². The summed E-state index contributed by atoms with van der Waals surface area (Å²) in [5.41, 5.74) is -1.11. The van der Waals surface area contributed by atoms with E-state index in [1.54, 1.807) is 19.1 Å². The summed E-state index contributed by atoms with van der Waals surface area (Å²) >= 11 is 0. The van der Waals surface area contributed by atoms with Gasteiger partial charge >= 0.3 is 5.97 Å². The predicted octanol–water partition coefficient (Wildman–Crippen LogP) is 2.01. The van der Waals surface area contributed by atoms with Crippen LogP contribution in [0, 0.1) is 0 Å². The van der Waals surface area contributed by atoms with Crippen LogP contribution in [-0.2, 0) is 4.79 Å². The van der Waals surface area contributed by atoms with Gasteiger partial charge in [0.25, 0.3) is 5.91 Å². The molecule has 1 N–H and O–H groups in total. The van der Waals surface area contributed by atoms with Crippen LogP contribution in [0.25, 0.3) is 11.5 Å². The number of carbonyl (C=O) groups is 2. The van der Waals surface area contributed by atoms with Gasteiger partial charge in [0.05, 0.1) is 6.26 Å². The lowest BCUT2D eigenvalue weighted by molar-refractivity contribution is -0.147. The van der Waals surface area contributed by atoms with Crippen LogP contribution in [0.3, 0.4) is 0 Å². The van der Waals surface area contributed by atoms with Crippen molar-refractivity contribution in [1.82, 2.24) is 10.1 Å². The van der Waals surface area contributed by atoms with Crippen LogP contribution in [0.5, 0.6) is 0 Å². The highest BCUT2D eigenvalue weighted by molar-refractivity contribution is 5.97. The van der Waals surface area contributed by atoms with Crippen molar-refractivity contribution in [2.45, 2.75) is 25.3 Å². The summed E-state index contributed by atoms with van der Waals surface area (Å²) < 4.78 is 10.2. The summed E-state index contributed by atoms with van der Waals surface area (Å²) in [6, 6.07) is 4.84. The lowest BCUT2D eigenvalue weighted by Crippen LogP contribution is -2.50. The smallest absolute Gasteiger partial charge is 0.329 e. The lowest BCUT2D eigenvalue weighted by Gasteiger charge is -2.30. The third kappa shape index (κ3) is 2.10. The summed E-state index contributed by atoms with van der Waals surface area (Å²) in [6.07, 6.45) is 2.57. The van der Waals surface area contributed by atoms with Crippen molar-refractivity contribution in [3.05, 3.63) is 30.2 Å². The molecule has 2 aromatic rings. The molecule has 0 bridgehead atoms. The first-order valence-electron chi connectivity index (χ1n) is 6.58. The fourth-order valence-electron chi connectivity index (χ4n) is 2.56. The van der Waals surface area contributed by atoms with E-state index in [1.165, 1.54) is 17.2 Å². The summed E-state index contributed by atoms with van der Waals surface area (Å²) in [4.78, 5) is 25.2. The minimum atomic E-state index is -1.19. The normalized spacial score (nSPS) is 21.7. The van der Waals surface area contributed by atoms with Crippen LogP contribution in [-0.4, -0.2) is 39.1 Å². The Labute approximate surface area is 120 Å². The van der Waals surface area contributed by atoms with E-state index in [1.807, 2.05) is 0 Å². The molecule has 21 heavy (non-hydrogen) atoms. The molecule has 1 atom stereocenters. The molecule has 7 nitrogen and oxygen atoms in total. The zero-order valence-electron chi connectivity index (χ0n) is 11.4. The fourth-order valence-corrected chi connectivity index (χ4v) is 2.56. The minimum absolute atomic E-state index is 0.0794. The quantitative estimate of drug-likeness (QED) is 0.928. The molecule has 1 fully saturated rings. The second-order valence-corrected chi connectivity index (χ2v) is 5.19. The van der Waals surface area contributed by atoms with E-state index in [2.05, 4.69) is 5.16 Å². The number of aromatic nitrogens is 1. The molecule has 7 heteroatoms. The Bertz CT molecular complexity index is 675. The highest BCUT2D eigenvalue weighted by Crippen LogP contribution is 2.31. The third-order valence-electron chi connectivity index (χ3n) is 3.84. The van der Waals surface area contributed by atoms with Crippen molar-refractivity contribution < 1.29 is 23.6 Å². The summed E-state index contributed by atoms with van der Waals surface area (Å²) in [7, 11) is 0. The number of hydrogen-bond acceptors (Lipinski definition) is 5. The molecule has 0 aromatic carbocycles. The van der Waals surface area contributed by atoms with Crippen molar-refractivity contribution in [2.75, 3.05) is 6.54 Å². The molecule has 0 spiro atoms. The first-order chi connectivity index (χ1) is 10.0. The Hall–Kier alpha value is -2.57. The maximum absolute atomic E-state index is 12.5. The van der Waals surface area contributed by atoms with Crippen LogP contribution in [0.15, 0.2) is 33.4 Å². The molecule has 1 saturated heterocycles. The second-order valence-electron chi connectivity index (χ2n) is 5.19. The van der Waals surface area contributed by atoms with Crippen LogP contribution < -0.4 is 0 Å². The molecule has 2 aromatic heterocycles. The molecule has 1 aliphatic rings. The van der Waals surface area contributed by atoms with Crippen molar-refractivity contribution in [2.24, 2.45) is 0 Å². The Morgan fingerprint density at radius 1 is 1.43 bits per heavy atom. The SMILES string of the molecule is CC1(C(=O)O)CCCN1C(=O)c1cc(-c2ccco2)on1. The third-order valence-corrected chi connectivity index (χ3v) is 3.84. The van der Waals surface area contributed by atoms with Gasteiger partial charge in [0.2, 0.25) is 5.76 Å². The van der Waals surface area contributed by atoms with Gasteiger partial charge in [-0.2, -0.15) is 0 Å².